The van der Waals surface area contributed by atoms with Crippen LogP contribution in [0.3, 0.4) is 0 Å². The molecule has 0 unspecified atom stereocenters. The Bertz CT molecular complexity index is 255. The van der Waals surface area contributed by atoms with Crippen LogP contribution in [-0.2, 0) is 4.79 Å². The molecule has 3 heteroatoms. The smallest absolute Gasteiger partial charge is 0.324 e. The highest BCUT2D eigenvalue weighted by Gasteiger charge is 2.50. The fourth-order valence-electron chi connectivity index (χ4n) is 3.04. The van der Waals surface area contributed by atoms with Crippen LogP contribution in [0.25, 0.3) is 0 Å². The van der Waals surface area contributed by atoms with Crippen molar-refractivity contribution in [2.24, 2.45) is 0 Å². The molecule has 0 amide bonds. The van der Waals surface area contributed by atoms with E-state index in [0.717, 1.165) is 45.1 Å². The number of carboxylic acid groups (broad SMARTS) is 1. The highest BCUT2D eigenvalue weighted by atomic mass is 16.4. The Balaban J connectivity index is 2.11. The molecule has 0 aliphatic heterocycles. The zero-order chi connectivity index (χ0) is 11.6. The Morgan fingerprint density at radius 3 is 2.44 bits per heavy atom. The van der Waals surface area contributed by atoms with Crippen LogP contribution < -0.4 is 0 Å². The second kappa shape index (κ2) is 4.74. The van der Waals surface area contributed by atoms with Crippen molar-refractivity contribution in [3.63, 3.8) is 0 Å². The average molecular weight is 225 g/mol. The van der Waals surface area contributed by atoms with E-state index >= 15 is 0 Å². The second-order valence-electron chi connectivity index (χ2n) is 5.32. The Morgan fingerprint density at radius 1 is 1.38 bits per heavy atom. The van der Waals surface area contributed by atoms with E-state index in [1.807, 2.05) is 0 Å². The normalized spacial score (nSPS) is 23.9. The maximum atomic E-state index is 11.6. The van der Waals surface area contributed by atoms with Crippen LogP contribution in [0.5, 0.6) is 0 Å². The lowest BCUT2D eigenvalue weighted by atomic mass is 9.94. The molecule has 16 heavy (non-hydrogen) atoms. The van der Waals surface area contributed by atoms with Gasteiger partial charge in [-0.3, -0.25) is 9.69 Å². The fraction of sp³-hybridized carbons (Fsp3) is 0.923. The van der Waals surface area contributed by atoms with Crippen LogP contribution in [0, 0.1) is 0 Å². The van der Waals surface area contributed by atoms with Gasteiger partial charge in [-0.05, 0) is 38.6 Å². The summed E-state index contributed by atoms with van der Waals surface area (Å²) in [7, 11) is 0. The number of unbranched alkanes of at least 4 members (excludes halogenated alkanes) is 1. The van der Waals surface area contributed by atoms with Crippen molar-refractivity contribution < 1.29 is 9.90 Å². The number of nitrogens with zero attached hydrogens (tertiary/aromatic N) is 1. The van der Waals surface area contributed by atoms with Crippen LogP contribution >= 0.6 is 0 Å². The number of carbonyl (C=O) groups is 1. The van der Waals surface area contributed by atoms with Gasteiger partial charge in [0.1, 0.15) is 5.54 Å². The third-order valence-electron chi connectivity index (χ3n) is 4.12. The first-order valence-corrected chi connectivity index (χ1v) is 6.71. The molecule has 0 spiro atoms. The van der Waals surface area contributed by atoms with Gasteiger partial charge in [0.05, 0.1) is 0 Å². The third kappa shape index (κ3) is 2.10. The molecule has 92 valence electrons. The van der Waals surface area contributed by atoms with Gasteiger partial charge in [-0.1, -0.05) is 26.2 Å². The van der Waals surface area contributed by atoms with Gasteiger partial charge in [0.15, 0.2) is 0 Å². The lowest BCUT2D eigenvalue weighted by Gasteiger charge is -2.38. The summed E-state index contributed by atoms with van der Waals surface area (Å²) < 4.78 is 0. The van der Waals surface area contributed by atoms with Gasteiger partial charge in [0, 0.05) is 6.04 Å². The van der Waals surface area contributed by atoms with Crippen LogP contribution in [-0.4, -0.2) is 34.1 Å². The van der Waals surface area contributed by atoms with E-state index in [9.17, 15) is 9.90 Å². The predicted molar refractivity (Wildman–Crippen MR) is 63.5 cm³/mol. The van der Waals surface area contributed by atoms with Crippen molar-refractivity contribution in [1.82, 2.24) is 4.90 Å². The standard InChI is InChI=1S/C13H23NO2/c1-2-3-10-14(11-6-7-11)13(12(15)16)8-4-5-9-13/h11H,2-10H2,1H3,(H,15,16). The molecule has 2 rings (SSSR count). The van der Waals surface area contributed by atoms with E-state index in [1.165, 1.54) is 12.8 Å². The predicted octanol–water partition coefficient (Wildman–Crippen LogP) is 2.65. The lowest BCUT2D eigenvalue weighted by Crippen LogP contribution is -2.54. The summed E-state index contributed by atoms with van der Waals surface area (Å²) in [5.41, 5.74) is -0.504. The van der Waals surface area contributed by atoms with Crippen LogP contribution in [0.4, 0.5) is 0 Å². The van der Waals surface area contributed by atoms with E-state index in [-0.39, 0.29) is 0 Å². The van der Waals surface area contributed by atoms with Crippen molar-refractivity contribution in [1.29, 1.82) is 0 Å². The monoisotopic (exact) mass is 225 g/mol. The van der Waals surface area contributed by atoms with Crippen molar-refractivity contribution >= 4 is 5.97 Å². The summed E-state index contributed by atoms with van der Waals surface area (Å²) in [6, 6.07) is 0.570. The summed E-state index contributed by atoms with van der Waals surface area (Å²) in [5.74, 6) is -0.576. The van der Waals surface area contributed by atoms with E-state index in [4.69, 9.17) is 0 Å². The molecule has 0 aromatic heterocycles. The van der Waals surface area contributed by atoms with E-state index in [0.29, 0.717) is 6.04 Å². The Hall–Kier alpha value is -0.570. The molecule has 2 aliphatic rings. The Labute approximate surface area is 97.8 Å². The largest absolute Gasteiger partial charge is 0.480 e. The molecule has 0 radical (unpaired) electrons. The summed E-state index contributed by atoms with van der Waals surface area (Å²) in [6.45, 7) is 3.15. The first kappa shape index (κ1) is 11.9. The van der Waals surface area contributed by atoms with Gasteiger partial charge >= 0.3 is 5.97 Å². The highest BCUT2D eigenvalue weighted by molar-refractivity contribution is 5.79. The first-order valence-electron chi connectivity index (χ1n) is 6.71. The summed E-state index contributed by atoms with van der Waals surface area (Å²) >= 11 is 0. The maximum absolute atomic E-state index is 11.6. The molecule has 2 fully saturated rings. The average Bonchev–Trinajstić information content (AvgIpc) is 2.96. The minimum Gasteiger partial charge on any atom is -0.480 e. The van der Waals surface area contributed by atoms with Gasteiger partial charge < -0.3 is 5.11 Å². The molecule has 3 nitrogen and oxygen atoms in total. The van der Waals surface area contributed by atoms with Gasteiger partial charge in [0.25, 0.3) is 0 Å². The zero-order valence-corrected chi connectivity index (χ0v) is 10.2. The third-order valence-corrected chi connectivity index (χ3v) is 4.12. The SMILES string of the molecule is CCCCN(C1CC1)C1(C(=O)O)CCCC1. The van der Waals surface area contributed by atoms with Gasteiger partial charge in [-0.25, -0.2) is 0 Å². The summed E-state index contributed by atoms with van der Waals surface area (Å²) in [4.78, 5) is 13.9. The number of hydrogen-bond acceptors (Lipinski definition) is 2. The summed E-state index contributed by atoms with van der Waals surface area (Å²) in [5, 5.41) is 9.57. The molecule has 2 saturated carbocycles. The molecule has 0 atom stereocenters. The molecule has 2 aliphatic carbocycles. The Kier molecular flexibility index (Phi) is 3.53. The molecule has 0 aromatic rings. The zero-order valence-electron chi connectivity index (χ0n) is 10.2. The van der Waals surface area contributed by atoms with Gasteiger partial charge in [-0.15, -0.1) is 0 Å². The number of rotatable bonds is 6. The number of carboxylic acids is 1. The van der Waals surface area contributed by atoms with Crippen molar-refractivity contribution in [3.8, 4) is 0 Å². The van der Waals surface area contributed by atoms with Crippen LogP contribution in [0.15, 0.2) is 0 Å². The topological polar surface area (TPSA) is 40.5 Å². The molecule has 0 saturated heterocycles. The highest BCUT2D eigenvalue weighted by Crippen LogP contribution is 2.42. The molecular formula is C13H23NO2. The van der Waals surface area contributed by atoms with Gasteiger partial charge in [0.2, 0.25) is 0 Å². The first-order chi connectivity index (χ1) is 7.70. The van der Waals surface area contributed by atoms with E-state index in [1.54, 1.807) is 0 Å². The lowest BCUT2D eigenvalue weighted by molar-refractivity contribution is -0.152. The molecule has 0 bridgehead atoms. The van der Waals surface area contributed by atoms with Crippen molar-refractivity contribution in [2.45, 2.75) is 69.9 Å². The molecule has 0 heterocycles. The molecule has 1 N–H and O–H groups in total. The number of aliphatic carboxylic acids is 1. The van der Waals surface area contributed by atoms with E-state index in [2.05, 4.69) is 11.8 Å². The molecule has 0 aromatic carbocycles. The van der Waals surface area contributed by atoms with Gasteiger partial charge in [-0.2, -0.15) is 0 Å². The van der Waals surface area contributed by atoms with Crippen LogP contribution in [0.2, 0.25) is 0 Å². The van der Waals surface area contributed by atoms with Crippen molar-refractivity contribution in [2.75, 3.05) is 6.54 Å². The second-order valence-corrected chi connectivity index (χ2v) is 5.32. The quantitative estimate of drug-likeness (QED) is 0.755. The van der Waals surface area contributed by atoms with Crippen LogP contribution in [0.1, 0.15) is 58.3 Å². The minimum atomic E-state index is -0.576. The molecular weight excluding hydrogens is 202 g/mol. The summed E-state index contributed by atoms with van der Waals surface area (Å²) in [6.07, 6.45) is 8.59. The fourth-order valence-corrected chi connectivity index (χ4v) is 3.04. The minimum absolute atomic E-state index is 0.504. The maximum Gasteiger partial charge on any atom is 0.324 e. The van der Waals surface area contributed by atoms with E-state index < -0.39 is 11.5 Å². The van der Waals surface area contributed by atoms with Crippen molar-refractivity contribution in [3.05, 3.63) is 0 Å². The number of hydrogen-bond donors (Lipinski definition) is 1. The Morgan fingerprint density at radius 2 is 2.00 bits per heavy atom.